The van der Waals surface area contributed by atoms with Gasteiger partial charge in [-0.15, -0.1) is 11.3 Å². The minimum Gasteiger partial charge on any atom is -0.481 e. The molecule has 8 heteroatoms. The van der Waals surface area contributed by atoms with E-state index in [2.05, 4.69) is 5.32 Å². The van der Waals surface area contributed by atoms with Gasteiger partial charge in [0.25, 0.3) is 0 Å². The van der Waals surface area contributed by atoms with Gasteiger partial charge in [-0.3, -0.25) is 9.59 Å². The van der Waals surface area contributed by atoms with E-state index in [1.165, 1.54) is 17.6 Å². The van der Waals surface area contributed by atoms with Gasteiger partial charge in [0.05, 0.1) is 24.7 Å². The van der Waals surface area contributed by atoms with Gasteiger partial charge in [-0.2, -0.15) is 0 Å². The van der Waals surface area contributed by atoms with E-state index in [0.717, 1.165) is 19.3 Å². The van der Waals surface area contributed by atoms with Crippen molar-refractivity contribution < 1.29 is 28.6 Å². The fraction of sp³-hybridized carbons (Fsp3) is 0.450. The summed E-state index contributed by atoms with van der Waals surface area (Å²) in [5.41, 5.74) is 0.789. The number of anilines is 1. The summed E-state index contributed by atoms with van der Waals surface area (Å²) in [7, 11) is 0. The standard InChI is InChI=1S/C20H21NO6S/c1-2-26-20(25)16-12(13-4-3-7-27-13)9-28-18(16)21-17(22)14-10-5-6-11(8-10)15(14)19(23)24/h3-4,7,9-11,14-15H,2,5-6,8H2,1H3,(H,21,22)(H,23,24)/t10-,11-,14-,15+/m0/s1. The maximum absolute atomic E-state index is 13.0. The van der Waals surface area contributed by atoms with Crippen molar-refractivity contribution in [3.8, 4) is 11.3 Å². The molecule has 2 aliphatic rings. The third-order valence-corrected chi connectivity index (χ3v) is 6.69. The first-order valence-electron chi connectivity index (χ1n) is 9.37. The molecular formula is C20H21NO6S. The first kappa shape index (κ1) is 18.7. The summed E-state index contributed by atoms with van der Waals surface area (Å²) in [5, 5.41) is 14.5. The van der Waals surface area contributed by atoms with Crippen LogP contribution in [0, 0.1) is 23.7 Å². The van der Waals surface area contributed by atoms with Crippen molar-refractivity contribution in [3.63, 3.8) is 0 Å². The predicted octanol–water partition coefficient (Wildman–Crippen LogP) is 3.87. The Kier molecular flexibility index (Phi) is 4.97. The lowest BCUT2D eigenvalue weighted by molar-refractivity contribution is -0.148. The van der Waals surface area contributed by atoms with Crippen LogP contribution in [-0.4, -0.2) is 29.6 Å². The molecule has 0 radical (unpaired) electrons. The first-order valence-corrected chi connectivity index (χ1v) is 10.2. The van der Waals surface area contributed by atoms with Crippen molar-refractivity contribution in [2.45, 2.75) is 26.2 Å². The minimum atomic E-state index is -0.916. The van der Waals surface area contributed by atoms with Crippen LogP contribution in [0.25, 0.3) is 11.3 Å². The van der Waals surface area contributed by atoms with E-state index < -0.39 is 23.8 Å². The number of esters is 1. The Bertz CT molecular complexity index is 902. The highest BCUT2D eigenvalue weighted by Gasteiger charge is 2.54. The van der Waals surface area contributed by atoms with Gasteiger partial charge in [0, 0.05) is 10.9 Å². The summed E-state index contributed by atoms with van der Waals surface area (Å²) in [5.74, 6) is -2.38. The average Bonchev–Trinajstić information content (AvgIpc) is 3.43. The lowest BCUT2D eigenvalue weighted by Crippen LogP contribution is -2.37. The van der Waals surface area contributed by atoms with Gasteiger partial charge in [-0.05, 0) is 50.2 Å². The van der Waals surface area contributed by atoms with Crippen LogP contribution in [0.2, 0.25) is 0 Å². The molecule has 1 amide bonds. The molecule has 0 aliphatic heterocycles. The number of fused-ring (bicyclic) bond motifs is 2. The third kappa shape index (κ3) is 3.11. The average molecular weight is 403 g/mol. The zero-order valence-electron chi connectivity index (χ0n) is 15.3. The highest BCUT2D eigenvalue weighted by molar-refractivity contribution is 7.15. The summed E-state index contributed by atoms with van der Waals surface area (Å²) in [6, 6.07) is 3.44. The molecule has 2 fully saturated rings. The summed E-state index contributed by atoms with van der Waals surface area (Å²) in [6.45, 7) is 1.91. The van der Waals surface area contributed by atoms with Gasteiger partial charge >= 0.3 is 11.9 Å². The van der Waals surface area contributed by atoms with E-state index in [-0.39, 0.29) is 29.9 Å². The van der Waals surface area contributed by atoms with Crippen LogP contribution < -0.4 is 5.32 Å². The molecule has 4 rings (SSSR count). The van der Waals surface area contributed by atoms with Gasteiger partial charge < -0.3 is 19.6 Å². The van der Waals surface area contributed by atoms with Gasteiger partial charge in [0.2, 0.25) is 5.91 Å². The van der Waals surface area contributed by atoms with Crippen molar-refractivity contribution in [1.82, 2.24) is 0 Å². The van der Waals surface area contributed by atoms with Crippen molar-refractivity contribution in [2.24, 2.45) is 23.7 Å². The summed E-state index contributed by atoms with van der Waals surface area (Å²) in [6.07, 6.45) is 4.02. The second-order valence-corrected chi connectivity index (χ2v) is 8.14. The number of nitrogens with one attached hydrogen (secondary N) is 1. The molecule has 7 nitrogen and oxygen atoms in total. The number of carbonyl (C=O) groups is 3. The number of furan rings is 1. The smallest absolute Gasteiger partial charge is 0.341 e. The van der Waals surface area contributed by atoms with Crippen LogP contribution in [0.15, 0.2) is 28.2 Å². The van der Waals surface area contributed by atoms with Crippen LogP contribution in [0.3, 0.4) is 0 Å². The lowest BCUT2D eigenvalue weighted by Gasteiger charge is -2.26. The molecule has 2 heterocycles. The topological polar surface area (TPSA) is 106 Å². The molecule has 2 N–H and O–H groups in total. The number of thiophene rings is 1. The molecule has 4 atom stereocenters. The van der Waals surface area contributed by atoms with Crippen molar-refractivity contribution in [1.29, 1.82) is 0 Å². The number of amides is 1. The number of aliphatic carboxylic acids is 1. The molecule has 2 aliphatic carbocycles. The van der Waals surface area contributed by atoms with Gasteiger partial charge in [0.15, 0.2) is 0 Å². The van der Waals surface area contributed by atoms with Crippen LogP contribution in [0.5, 0.6) is 0 Å². The molecule has 0 unspecified atom stereocenters. The summed E-state index contributed by atoms with van der Waals surface area (Å²) >= 11 is 1.21. The Hall–Kier alpha value is -2.61. The monoisotopic (exact) mass is 403 g/mol. The molecule has 148 valence electrons. The number of ether oxygens (including phenoxy) is 1. The maximum Gasteiger partial charge on any atom is 0.341 e. The van der Waals surface area contributed by atoms with Crippen LogP contribution in [0.4, 0.5) is 5.00 Å². The summed E-state index contributed by atoms with van der Waals surface area (Å²) < 4.78 is 10.6. The Morgan fingerprint density at radius 1 is 1.29 bits per heavy atom. The highest BCUT2D eigenvalue weighted by atomic mass is 32.1. The number of carbonyl (C=O) groups excluding carboxylic acids is 2. The Balaban J connectivity index is 1.63. The molecule has 0 saturated heterocycles. The normalized spacial score (nSPS) is 25.6. The van der Waals surface area contributed by atoms with E-state index in [1.807, 2.05) is 0 Å². The molecule has 2 aromatic heterocycles. The zero-order chi connectivity index (χ0) is 19.8. The quantitative estimate of drug-likeness (QED) is 0.709. The van der Waals surface area contributed by atoms with Gasteiger partial charge in [-0.25, -0.2) is 4.79 Å². The molecule has 0 spiro atoms. The van der Waals surface area contributed by atoms with E-state index in [0.29, 0.717) is 16.3 Å². The molecule has 28 heavy (non-hydrogen) atoms. The number of rotatable bonds is 6. The molecule has 2 saturated carbocycles. The third-order valence-electron chi connectivity index (χ3n) is 5.80. The first-order chi connectivity index (χ1) is 13.5. The SMILES string of the molecule is CCOC(=O)c1c(-c2ccco2)csc1NC(=O)[C@H]1[C@H]2CC[C@@H](C2)[C@H]1C(=O)O. The largest absolute Gasteiger partial charge is 0.481 e. The Labute approximate surface area is 165 Å². The van der Waals surface area contributed by atoms with Gasteiger partial charge in [0.1, 0.15) is 16.3 Å². The maximum atomic E-state index is 13.0. The van der Waals surface area contributed by atoms with E-state index in [1.54, 1.807) is 24.4 Å². The fourth-order valence-electron chi connectivity index (χ4n) is 4.69. The fourth-order valence-corrected chi connectivity index (χ4v) is 5.63. The number of hydrogen-bond donors (Lipinski definition) is 2. The van der Waals surface area contributed by atoms with Crippen LogP contribution in [0.1, 0.15) is 36.5 Å². The van der Waals surface area contributed by atoms with Crippen LogP contribution >= 0.6 is 11.3 Å². The van der Waals surface area contributed by atoms with Crippen molar-refractivity contribution in [3.05, 3.63) is 29.3 Å². The number of hydrogen-bond acceptors (Lipinski definition) is 6. The molecule has 0 aromatic carbocycles. The van der Waals surface area contributed by atoms with E-state index in [9.17, 15) is 19.5 Å². The van der Waals surface area contributed by atoms with Crippen LogP contribution in [-0.2, 0) is 14.3 Å². The van der Waals surface area contributed by atoms with Crippen molar-refractivity contribution in [2.75, 3.05) is 11.9 Å². The van der Waals surface area contributed by atoms with Crippen molar-refractivity contribution >= 4 is 34.2 Å². The number of carboxylic acid groups (broad SMARTS) is 1. The predicted molar refractivity (Wildman–Crippen MR) is 102 cm³/mol. The Morgan fingerprint density at radius 2 is 2.04 bits per heavy atom. The number of carboxylic acids is 1. The van der Waals surface area contributed by atoms with Gasteiger partial charge in [-0.1, -0.05) is 0 Å². The second-order valence-electron chi connectivity index (χ2n) is 7.26. The Morgan fingerprint density at radius 3 is 2.68 bits per heavy atom. The zero-order valence-corrected chi connectivity index (χ0v) is 16.2. The van der Waals surface area contributed by atoms with E-state index >= 15 is 0 Å². The van der Waals surface area contributed by atoms with E-state index in [4.69, 9.17) is 9.15 Å². The highest BCUT2D eigenvalue weighted by Crippen LogP contribution is 2.53. The lowest BCUT2D eigenvalue weighted by atomic mass is 9.79. The molecule has 2 bridgehead atoms. The molecule has 2 aromatic rings. The second kappa shape index (κ2) is 7.43. The summed E-state index contributed by atoms with van der Waals surface area (Å²) in [4.78, 5) is 37.3. The minimum absolute atomic E-state index is 0.0600. The molecular weight excluding hydrogens is 382 g/mol.